The van der Waals surface area contributed by atoms with Gasteiger partial charge in [-0.05, 0) is 44.1 Å². The van der Waals surface area contributed by atoms with E-state index in [1.807, 2.05) is 23.1 Å². The Morgan fingerprint density at radius 3 is 2.23 bits per heavy atom. The van der Waals surface area contributed by atoms with E-state index in [1.54, 1.807) is 0 Å². The number of carbonyl (C=O) groups is 2. The highest BCUT2D eigenvalue weighted by atomic mass is 16.4. The third-order valence-electron chi connectivity index (χ3n) is 5.88. The number of carboxylic acids is 1. The van der Waals surface area contributed by atoms with Crippen molar-refractivity contribution in [3.63, 3.8) is 0 Å². The van der Waals surface area contributed by atoms with E-state index in [1.165, 1.54) is 19.3 Å². The van der Waals surface area contributed by atoms with Crippen molar-refractivity contribution in [1.82, 2.24) is 10.2 Å². The molecule has 0 radical (unpaired) electrons. The number of carboxylic acid groups (broad SMARTS) is 1. The van der Waals surface area contributed by atoms with Crippen molar-refractivity contribution in [3.8, 4) is 0 Å². The number of hydrogen-bond donors (Lipinski definition) is 2. The van der Waals surface area contributed by atoms with Crippen LogP contribution in [0.5, 0.6) is 0 Å². The summed E-state index contributed by atoms with van der Waals surface area (Å²) in [6.45, 7) is 0.641. The molecule has 0 unspecified atom stereocenters. The third-order valence-corrected chi connectivity index (χ3v) is 5.88. The molecule has 0 bridgehead atoms. The lowest BCUT2D eigenvalue weighted by Gasteiger charge is -2.36. The number of aliphatic carboxylic acids is 1. The van der Waals surface area contributed by atoms with Crippen LogP contribution >= 0.6 is 0 Å². The molecule has 2 aliphatic rings. The molecule has 2 amide bonds. The lowest BCUT2D eigenvalue weighted by atomic mass is 9.86. The Bertz CT molecular complexity index is 591. The average molecular weight is 358 g/mol. The van der Waals surface area contributed by atoms with Gasteiger partial charge in [-0.25, -0.2) is 4.79 Å². The Kier molecular flexibility index (Phi) is 6.53. The van der Waals surface area contributed by atoms with Gasteiger partial charge in [0.25, 0.3) is 0 Å². The first kappa shape index (κ1) is 18.7. The van der Waals surface area contributed by atoms with Gasteiger partial charge in [-0.3, -0.25) is 4.79 Å². The Balaban J connectivity index is 1.62. The summed E-state index contributed by atoms with van der Waals surface area (Å²) in [4.78, 5) is 26.1. The minimum atomic E-state index is -0.706. The van der Waals surface area contributed by atoms with E-state index in [2.05, 4.69) is 17.4 Å². The first-order valence-electron chi connectivity index (χ1n) is 9.97. The number of nitrogens with zero attached hydrogens (tertiary/aromatic N) is 1. The molecule has 0 spiro atoms. The maximum Gasteiger partial charge on any atom is 0.318 e. The van der Waals surface area contributed by atoms with E-state index in [0.29, 0.717) is 25.4 Å². The van der Waals surface area contributed by atoms with Gasteiger partial charge in [0, 0.05) is 18.6 Å². The van der Waals surface area contributed by atoms with E-state index >= 15 is 0 Å². The highest BCUT2D eigenvalue weighted by Gasteiger charge is 2.30. The predicted molar refractivity (Wildman–Crippen MR) is 101 cm³/mol. The first-order valence-corrected chi connectivity index (χ1v) is 9.97. The maximum absolute atomic E-state index is 13.0. The van der Waals surface area contributed by atoms with Crippen LogP contribution in [0, 0.1) is 5.92 Å². The number of rotatable bonds is 5. The monoisotopic (exact) mass is 358 g/mol. The summed E-state index contributed by atoms with van der Waals surface area (Å²) < 4.78 is 0. The Morgan fingerprint density at radius 1 is 0.962 bits per heavy atom. The topological polar surface area (TPSA) is 69.6 Å². The van der Waals surface area contributed by atoms with E-state index in [0.717, 1.165) is 31.2 Å². The number of amides is 2. The second-order valence-corrected chi connectivity index (χ2v) is 7.74. The maximum atomic E-state index is 13.0. The molecule has 3 rings (SSSR count). The first-order chi connectivity index (χ1) is 12.6. The largest absolute Gasteiger partial charge is 0.481 e. The molecule has 2 saturated carbocycles. The van der Waals surface area contributed by atoms with Crippen molar-refractivity contribution in [3.05, 3.63) is 35.9 Å². The van der Waals surface area contributed by atoms with Gasteiger partial charge in [0.1, 0.15) is 0 Å². The summed E-state index contributed by atoms with van der Waals surface area (Å²) in [5.74, 6) is -0.954. The molecule has 5 nitrogen and oxygen atoms in total. The number of urea groups is 1. The van der Waals surface area contributed by atoms with Crippen LogP contribution in [-0.4, -0.2) is 34.1 Å². The second kappa shape index (κ2) is 9.06. The second-order valence-electron chi connectivity index (χ2n) is 7.74. The van der Waals surface area contributed by atoms with Crippen molar-refractivity contribution in [2.45, 2.75) is 76.4 Å². The standard InChI is InChI=1S/C21H30N2O3/c24-20(25)17-11-13-18(14-12-17)22-21(26)23(19-9-5-2-6-10-19)15-16-7-3-1-4-8-16/h1,3-4,7-8,17-19H,2,5-6,9-15H2,(H,22,26)(H,24,25). The van der Waals surface area contributed by atoms with E-state index in [4.69, 9.17) is 5.11 Å². The quantitative estimate of drug-likeness (QED) is 0.830. The molecule has 0 heterocycles. The zero-order chi connectivity index (χ0) is 18.4. The van der Waals surface area contributed by atoms with Gasteiger partial charge in [0.05, 0.1) is 5.92 Å². The van der Waals surface area contributed by atoms with Gasteiger partial charge in [0.15, 0.2) is 0 Å². The van der Waals surface area contributed by atoms with Crippen LogP contribution in [0.4, 0.5) is 4.79 Å². The van der Waals surface area contributed by atoms with Gasteiger partial charge >= 0.3 is 12.0 Å². The fourth-order valence-corrected chi connectivity index (χ4v) is 4.28. The summed E-state index contributed by atoms with van der Waals surface area (Å²) >= 11 is 0. The number of nitrogens with one attached hydrogen (secondary N) is 1. The Labute approximate surface area is 155 Å². The smallest absolute Gasteiger partial charge is 0.318 e. The lowest BCUT2D eigenvalue weighted by molar-refractivity contribution is -0.142. The Hall–Kier alpha value is -2.04. The fraction of sp³-hybridized carbons (Fsp3) is 0.619. The van der Waals surface area contributed by atoms with Crippen molar-refractivity contribution < 1.29 is 14.7 Å². The lowest BCUT2D eigenvalue weighted by Crippen LogP contribution is -2.50. The average Bonchev–Trinajstić information content (AvgIpc) is 2.68. The number of benzene rings is 1. The van der Waals surface area contributed by atoms with E-state index in [9.17, 15) is 9.59 Å². The molecule has 0 aromatic heterocycles. The van der Waals surface area contributed by atoms with Crippen LogP contribution < -0.4 is 5.32 Å². The fourth-order valence-electron chi connectivity index (χ4n) is 4.28. The molecule has 2 N–H and O–H groups in total. The molecular formula is C21H30N2O3. The molecule has 26 heavy (non-hydrogen) atoms. The predicted octanol–water partition coefficient (Wildman–Crippen LogP) is 4.17. The highest BCUT2D eigenvalue weighted by molar-refractivity contribution is 5.75. The summed E-state index contributed by atoms with van der Waals surface area (Å²) in [5.41, 5.74) is 1.16. The van der Waals surface area contributed by atoms with E-state index < -0.39 is 5.97 Å². The highest BCUT2D eigenvalue weighted by Crippen LogP contribution is 2.27. The van der Waals surface area contributed by atoms with Crippen LogP contribution in [0.3, 0.4) is 0 Å². The van der Waals surface area contributed by atoms with Gasteiger partial charge in [-0.2, -0.15) is 0 Å². The molecule has 0 aliphatic heterocycles. The summed E-state index contributed by atoms with van der Waals surface area (Å²) in [6, 6.07) is 10.6. The van der Waals surface area contributed by atoms with Crippen LogP contribution in [0.25, 0.3) is 0 Å². The van der Waals surface area contributed by atoms with Gasteiger partial charge < -0.3 is 15.3 Å². The van der Waals surface area contributed by atoms with Crippen LogP contribution in [0.1, 0.15) is 63.4 Å². The number of carbonyl (C=O) groups excluding carboxylic acids is 1. The van der Waals surface area contributed by atoms with Crippen LogP contribution in [-0.2, 0) is 11.3 Å². The van der Waals surface area contributed by atoms with Gasteiger partial charge in [0.2, 0.25) is 0 Å². The van der Waals surface area contributed by atoms with E-state index in [-0.39, 0.29) is 18.0 Å². The molecule has 1 aromatic rings. The molecule has 1 aromatic carbocycles. The van der Waals surface area contributed by atoms with Crippen molar-refractivity contribution in [1.29, 1.82) is 0 Å². The molecule has 2 aliphatic carbocycles. The summed E-state index contributed by atoms with van der Waals surface area (Å²) in [6.07, 6.45) is 8.61. The van der Waals surface area contributed by atoms with Crippen molar-refractivity contribution in [2.75, 3.05) is 0 Å². The van der Waals surface area contributed by atoms with Gasteiger partial charge in [-0.15, -0.1) is 0 Å². The third kappa shape index (κ3) is 4.99. The van der Waals surface area contributed by atoms with Crippen molar-refractivity contribution in [2.24, 2.45) is 5.92 Å². The molecule has 5 heteroatoms. The minimum Gasteiger partial charge on any atom is -0.481 e. The normalized spacial score (nSPS) is 24.0. The number of hydrogen-bond acceptors (Lipinski definition) is 2. The zero-order valence-corrected chi connectivity index (χ0v) is 15.4. The summed E-state index contributed by atoms with van der Waals surface area (Å²) in [7, 11) is 0. The molecule has 2 fully saturated rings. The molecule has 0 atom stereocenters. The Morgan fingerprint density at radius 2 is 1.62 bits per heavy atom. The summed E-state index contributed by atoms with van der Waals surface area (Å²) in [5, 5.41) is 12.3. The minimum absolute atomic E-state index is 0.0135. The molecular weight excluding hydrogens is 328 g/mol. The SMILES string of the molecule is O=C(O)C1CCC(NC(=O)N(Cc2ccccc2)C2CCCCC2)CC1. The van der Waals surface area contributed by atoms with Crippen LogP contribution in [0.15, 0.2) is 30.3 Å². The molecule has 142 valence electrons. The van der Waals surface area contributed by atoms with Crippen molar-refractivity contribution >= 4 is 12.0 Å². The van der Waals surface area contributed by atoms with Crippen LogP contribution in [0.2, 0.25) is 0 Å². The van der Waals surface area contributed by atoms with Gasteiger partial charge in [-0.1, -0.05) is 49.6 Å². The molecule has 0 saturated heterocycles. The zero-order valence-electron chi connectivity index (χ0n) is 15.4.